The molecule has 0 bridgehead atoms. The molecule has 0 spiro atoms. The fourth-order valence-corrected chi connectivity index (χ4v) is 5.04. The first-order valence-electron chi connectivity index (χ1n) is 8.13. The molecule has 1 aromatic carbocycles. The molecule has 26 heavy (non-hydrogen) atoms. The van der Waals surface area contributed by atoms with Crippen molar-refractivity contribution in [2.24, 2.45) is 0 Å². The lowest BCUT2D eigenvalue weighted by atomic mass is 10.0. The van der Waals surface area contributed by atoms with Gasteiger partial charge in [-0.25, -0.2) is 12.8 Å². The molecule has 9 heteroatoms. The Bertz CT molecular complexity index is 1070. The molecule has 1 N–H and O–H groups in total. The van der Waals surface area contributed by atoms with Crippen molar-refractivity contribution in [3.63, 3.8) is 0 Å². The summed E-state index contributed by atoms with van der Waals surface area (Å²) in [6, 6.07) is 6.23. The van der Waals surface area contributed by atoms with Crippen LogP contribution in [-0.4, -0.2) is 34.6 Å². The van der Waals surface area contributed by atoms with E-state index in [1.165, 1.54) is 10.4 Å². The summed E-state index contributed by atoms with van der Waals surface area (Å²) < 4.78 is 47.0. The van der Waals surface area contributed by atoms with Crippen molar-refractivity contribution in [3.8, 4) is 11.3 Å². The van der Waals surface area contributed by atoms with Gasteiger partial charge in [-0.15, -0.1) is 0 Å². The van der Waals surface area contributed by atoms with Crippen molar-refractivity contribution in [1.29, 1.82) is 0 Å². The summed E-state index contributed by atoms with van der Waals surface area (Å²) >= 11 is 0. The molecule has 4 rings (SSSR count). The van der Waals surface area contributed by atoms with Gasteiger partial charge in [-0.3, -0.25) is 5.10 Å². The highest BCUT2D eigenvalue weighted by Crippen LogP contribution is 2.34. The van der Waals surface area contributed by atoms with Gasteiger partial charge in [0.2, 0.25) is 10.0 Å². The second kappa shape index (κ2) is 6.03. The van der Waals surface area contributed by atoms with Crippen molar-refractivity contribution in [3.05, 3.63) is 52.8 Å². The number of nitrogens with one attached hydrogen (secondary N) is 1. The number of rotatable bonds is 3. The van der Waals surface area contributed by atoms with Crippen molar-refractivity contribution in [2.45, 2.75) is 31.7 Å². The van der Waals surface area contributed by atoms with E-state index in [0.29, 0.717) is 40.4 Å². The number of halogens is 1. The molecule has 0 aliphatic carbocycles. The van der Waals surface area contributed by atoms with Crippen LogP contribution in [0.1, 0.15) is 22.7 Å². The van der Waals surface area contributed by atoms with E-state index in [-0.39, 0.29) is 18.0 Å². The molecule has 0 atom stereocenters. The van der Waals surface area contributed by atoms with E-state index in [9.17, 15) is 12.8 Å². The smallest absolute Gasteiger partial charge is 0.247 e. The van der Waals surface area contributed by atoms with Crippen molar-refractivity contribution in [2.75, 3.05) is 6.54 Å². The Hall–Kier alpha value is -2.52. The summed E-state index contributed by atoms with van der Waals surface area (Å²) in [6.07, 6.45) is 0.381. The number of fused-ring (bicyclic) bond motifs is 1. The standard InChI is InChI=1S/C17H17FN4O3S/c1-10-17(11(2)20-19-10)26(23,24)22-8-7-15-13(9-22)16(21-25-15)12-5-3-4-6-14(12)18/h3-6H,7-9H2,1-2H3,(H,19,20). The number of hydrogen-bond acceptors (Lipinski definition) is 5. The topological polar surface area (TPSA) is 92.1 Å². The second-order valence-electron chi connectivity index (χ2n) is 6.26. The zero-order chi connectivity index (χ0) is 18.5. The minimum absolute atomic E-state index is 0.0783. The summed E-state index contributed by atoms with van der Waals surface area (Å²) in [6.45, 7) is 3.67. The average molecular weight is 376 g/mol. The molecule has 0 unspecified atom stereocenters. The predicted molar refractivity (Wildman–Crippen MR) is 91.3 cm³/mol. The third kappa shape index (κ3) is 2.55. The highest BCUT2D eigenvalue weighted by atomic mass is 32.2. The van der Waals surface area contributed by atoms with Crippen LogP contribution in [-0.2, 0) is 23.0 Å². The Morgan fingerprint density at radius 2 is 2.04 bits per heavy atom. The summed E-state index contributed by atoms with van der Waals surface area (Å²) in [5.74, 6) is 0.167. The van der Waals surface area contributed by atoms with Gasteiger partial charge in [0, 0.05) is 30.6 Å². The normalized spacial score (nSPS) is 15.2. The number of benzene rings is 1. The monoisotopic (exact) mass is 376 g/mol. The fourth-order valence-electron chi connectivity index (χ4n) is 3.30. The first-order chi connectivity index (χ1) is 12.4. The first kappa shape index (κ1) is 16.9. The van der Waals surface area contributed by atoms with E-state index in [1.54, 1.807) is 32.0 Å². The van der Waals surface area contributed by atoms with Gasteiger partial charge in [0.15, 0.2) is 0 Å². The second-order valence-corrected chi connectivity index (χ2v) is 8.14. The van der Waals surface area contributed by atoms with Crippen LogP contribution in [0.25, 0.3) is 11.3 Å². The number of H-pyrrole nitrogens is 1. The minimum Gasteiger partial charge on any atom is -0.360 e. The van der Waals surface area contributed by atoms with Gasteiger partial charge in [0.1, 0.15) is 22.2 Å². The van der Waals surface area contributed by atoms with Crippen LogP contribution >= 0.6 is 0 Å². The van der Waals surface area contributed by atoms with E-state index in [0.717, 1.165) is 0 Å². The van der Waals surface area contributed by atoms with Crippen molar-refractivity contribution < 1.29 is 17.3 Å². The molecule has 0 saturated carbocycles. The lowest BCUT2D eigenvalue weighted by Crippen LogP contribution is -2.36. The average Bonchev–Trinajstić information content (AvgIpc) is 3.18. The third-order valence-electron chi connectivity index (χ3n) is 4.58. The van der Waals surface area contributed by atoms with Gasteiger partial charge in [0.25, 0.3) is 0 Å². The SMILES string of the molecule is Cc1n[nH]c(C)c1S(=O)(=O)N1CCc2onc(-c3ccccc3F)c2C1. The van der Waals surface area contributed by atoms with Gasteiger partial charge in [-0.2, -0.15) is 9.40 Å². The van der Waals surface area contributed by atoms with Crippen LogP contribution in [0.5, 0.6) is 0 Å². The minimum atomic E-state index is -3.73. The number of nitrogens with zero attached hydrogens (tertiary/aromatic N) is 3. The number of aromatic nitrogens is 3. The molecular weight excluding hydrogens is 359 g/mol. The Morgan fingerprint density at radius 3 is 2.73 bits per heavy atom. The van der Waals surface area contributed by atoms with Crippen LogP contribution < -0.4 is 0 Å². The molecule has 0 radical (unpaired) electrons. The van der Waals surface area contributed by atoms with Crippen LogP contribution in [0.15, 0.2) is 33.7 Å². The molecule has 136 valence electrons. The zero-order valence-electron chi connectivity index (χ0n) is 14.3. The highest BCUT2D eigenvalue weighted by Gasteiger charge is 2.35. The van der Waals surface area contributed by atoms with Gasteiger partial charge in [-0.1, -0.05) is 17.3 Å². The van der Waals surface area contributed by atoms with Gasteiger partial charge in [-0.05, 0) is 26.0 Å². The summed E-state index contributed by atoms with van der Waals surface area (Å²) in [4.78, 5) is 0.185. The quantitative estimate of drug-likeness (QED) is 0.758. The fraction of sp³-hybridized carbons (Fsp3) is 0.294. The molecular formula is C17H17FN4O3S. The van der Waals surface area contributed by atoms with Crippen LogP contribution in [0.2, 0.25) is 0 Å². The van der Waals surface area contributed by atoms with E-state index < -0.39 is 15.8 Å². The Morgan fingerprint density at radius 1 is 1.27 bits per heavy atom. The molecule has 3 aromatic rings. The van der Waals surface area contributed by atoms with Crippen LogP contribution in [0.4, 0.5) is 4.39 Å². The molecule has 2 aromatic heterocycles. The zero-order valence-corrected chi connectivity index (χ0v) is 15.1. The van der Waals surface area contributed by atoms with Crippen LogP contribution in [0, 0.1) is 19.7 Å². The Labute approximate surface area is 149 Å². The largest absolute Gasteiger partial charge is 0.360 e. The first-order valence-corrected chi connectivity index (χ1v) is 9.57. The number of aryl methyl sites for hydroxylation is 2. The van der Waals surface area contributed by atoms with E-state index in [4.69, 9.17) is 4.52 Å². The Balaban J connectivity index is 1.75. The maximum Gasteiger partial charge on any atom is 0.247 e. The van der Waals surface area contributed by atoms with E-state index in [2.05, 4.69) is 15.4 Å². The molecule has 1 aliphatic heterocycles. The predicted octanol–water partition coefficient (Wildman–Crippen LogP) is 2.57. The molecule has 7 nitrogen and oxygen atoms in total. The van der Waals surface area contributed by atoms with E-state index in [1.807, 2.05) is 0 Å². The Kier molecular flexibility index (Phi) is 3.92. The molecule has 0 fully saturated rings. The molecule has 3 heterocycles. The third-order valence-corrected chi connectivity index (χ3v) is 6.69. The van der Waals surface area contributed by atoms with Crippen LogP contribution in [0.3, 0.4) is 0 Å². The highest BCUT2D eigenvalue weighted by molar-refractivity contribution is 7.89. The maximum absolute atomic E-state index is 14.2. The van der Waals surface area contributed by atoms with Gasteiger partial charge < -0.3 is 4.52 Å². The summed E-state index contributed by atoms with van der Waals surface area (Å²) in [7, 11) is -3.73. The number of aromatic amines is 1. The lowest BCUT2D eigenvalue weighted by Gasteiger charge is -2.25. The lowest BCUT2D eigenvalue weighted by molar-refractivity contribution is 0.331. The van der Waals surface area contributed by atoms with Crippen molar-refractivity contribution >= 4 is 10.0 Å². The van der Waals surface area contributed by atoms with E-state index >= 15 is 0 Å². The molecule has 0 amide bonds. The molecule has 0 saturated heterocycles. The van der Waals surface area contributed by atoms with Gasteiger partial charge >= 0.3 is 0 Å². The van der Waals surface area contributed by atoms with Crippen molar-refractivity contribution in [1.82, 2.24) is 19.7 Å². The molecule has 1 aliphatic rings. The summed E-state index contributed by atoms with van der Waals surface area (Å²) in [5.41, 5.74) is 2.16. The number of sulfonamides is 1. The van der Waals surface area contributed by atoms with Gasteiger partial charge in [0.05, 0.1) is 11.4 Å². The summed E-state index contributed by atoms with van der Waals surface area (Å²) in [5, 5.41) is 10.7. The maximum atomic E-state index is 14.2. The number of hydrogen-bond donors (Lipinski definition) is 1.